The molecule has 2 heteroatoms. The van der Waals surface area contributed by atoms with Gasteiger partial charge in [-0.2, -0.15) is 0 Å². The van der Waals surface area contributed by atoms with Gasteiger partial charge in [-0.25, -0.2) is 0 Å². The largest absolute Gasteiger partial charge is 0.389 e. The van der Waals surface area contributed by atoms with Crippen LogP contribution < -0.4 is 0 Å². The summed E-state index contributed by atoms with van der Waals surface area (Å²) in [7, 11) is 0. The maximum Gasteiger partial charge on any atom is 0.152 e. The molecule has 2 nitrogen and oxygen atoms in total. The standard InChI is InChI=1S/C8H14O2/c1-3-4-8(10)6-5-7(2)9/h5-6,8,10H,3-4H2,1-2H3/b6-5+. The van der Waals surface area contributed by atoms with Crippen LogP contribution in [0, 0.1) is 0 Å². The Kier molecular flexibility index (Phi) is 4.85. The molecular weight excluding hydrogens is 128 g/mol. The number of aliphatic hydroxyl groups is 1. The minimum absolute atomic E-state index is 0.0184. The zero-order valence-electron chi connectivity index (χ0n) is 6.50. The van der Waals surface area contributed by atoms with Gasteiger partial charge in [0, 0.05) is 0 Å². The van der Waals surface area contributed by atoms with Gasteiger partial charge < -0.3 is 5.11 Å². The average Bonchev–Trinajstić information content (AvgIpc) is 1.85. The van der Waals surface area contributed by atoms with E-state index in [9.17, 15) is 4.79 Å². The predicted molar refractivity (Wildman–Crippen MR) is 40.7 cm³/mol. The van der Waals surface area contributed by atoms with Crippen LogP contribution in [0.1, 0.15) is 26.7 Å². The van der Waals surface area contributed by atoms with Gasteiger partial charge in [-0.3, -0.25) is 4.79 Å². The van der Waals surface area contributed by atoms with Crippen molar-refractivity contribution in [2.45, 2.75) is 32.8 Å². The Hall–Kier alpha value is -0.630. The van der Waals surface area contributed by atoms with Crippen molar-refractivity contribution in [1.29, 1.82) is 0 Å². The summed E-state index contributed by atoms with van der Waals surface area (Å²) in [5.41, 5.74) is 0. The summed E-state index contributed by atoms with van der Waals surface area (Å²) in [5, 5.41) is 9.06. The Morgan fingerprint density at radius 1 is 1.70 bits per heavy atom. The molecule has 0 aliphatic heterocycles. The minimum Gasteiger partial charge on any atom is -0.389 e. The summed E-state index contributed by atoms with van der Waals surface area (Å²) < 4.78 is 0. The average molecular weight is 142 g/mol. The summed E-state index contributed by atoms with van der Waals surface area (Å²) in [6.45, 7) is 3.46. The second-order valence-corrected chi connectivity index (χ2v) is 2.33. The number of rotatable bonds is 4. The molecule has 0 fully saturated rings. The first kappa shape index (κ1) is 9.37. The number of ketones is 1. The van der Waals surface area contributed by atoms with E-state index in [1.807, 2.05) is 6.92 Å². The van der Waals surface area contributed by atoms with E-state index >= 15 is 0 Å². The molecule has 0 rings (SSSR count). The molecule has 0 spiro atoms. The van der Waals surface area contributed by atoms with E-state index in [2.05, 4.69) is 0 Å². The summed E-state index contributed by atoms with van der Waals surface area (Å²) >= 11 is 0. The van der Waals surface area contributed by atoms with Gasteiger partial charge in [-0.15, -0.1) is 0 Å². The van der Waals surface area contributed by atoms with E-state index in [0.29, 0.717) is 0 Å². The Balaban J connectivity index is 3.55. The number of hydrogen-bond acceptors (Lipinski definition) is 2. The molecule has 0 amide bonds. The van der Waals surface area contributed by atoms with Crippen molar-refractivity contribution >= 4 is 5.78 Å². The zero-order valence-corrected chi connectivity index (χ0v) is 6.50. The first-order chi connectivity index (χ1) is 4.66. The lowest BCUT2D eigenvalue weighted by Gasteiger charge is -1.99. The van der Waals surface area contributed by atoms with Gasteiger partial charge in [-0.05, 0) is 19.4 Å². The zero-order chi connectivity index (χ0) is 7.98. The van der Waals surface area contributed by atoms with Crippen LogP contribution >= 0.6 is 0 Å². The third-order valence-electron chi connectivity index (χ3n) is 1.14. The SMILES string of the molecule is CCCC(O)/C=C/C(C)=O. The quantitative estimate of drug-likeness (QED) is 0.600. The lowest BCUT2D eigenvalue weighted by atomic mass is 10.2. The van der Waals surface area contributed by atoms with Gasteiger partial charge in [0.05, 0.1) is 6.10 Å². The molecular formula is C8H14O2. The molecule has 1 unspecified atom stereocenters. The van der Waals surface area contributed by atoms with Crippen LogP contribution in [0.5, 0.6) is 0 Å². The second-order valence-electron chi connectivity index (χ2n) is 2.33. The van der Waals surface area contributed by atoms with Crippen molar-refractivity contribution in [2.75, 3.05) is 0 Å². The molecule has 0 aliphatic carbocycles. The van der Waals surface area contributed by atoms with Crippen LogP contribution in [-0.2, 0) is 4.79 Å². The van der Waals surface area contributed by atoms with Crippen molar-refractivity contribution in [2.24, 2.45) is 0 Å². The topological polar surface area (TPSA) is 37.3 Å². The van der Waals surface area contributed by atoms with Crippen molar-refractivity contribution in [1.82, 2.24) is 0 Å². The third kappa shape index (κ3) is 5.51. The number of hydrogen-bond donors (Lipinski definition) is 1. The van der Waals surface area contributed by atoms with Gasteiger partial charge in [0.25, 0.3) is 0 Å². The molecule has 0 bridgehead atoms. The van der Waals surface area contributed by atoms with E-state index < -0.39 is 6.10 Å². The Labute approximate surface area is 61.6 Å². The summed E-state index contributed by atoms with van der Waals surface area (Å²) in [4.78, 5) is 10.4. The Morgan fingerprint density at radius 3 is 2.70 bits per heavy atom. The Bertz CT molecular complexity index is 127. The molecule has 10 heavy (non-hydrogen) atoms. The Morgan fingerprint density at radius 2 is 2.30 bits per heavy atom. The molecule has 0 heterocycles. The summed E-state index contributed by atoms with van der Waals surface area (Å²) in [6, 6.07) is 0. The molecule has 1 atom stereocenters. The highest BCUT2D eigenvalue weighted by Crippen LogP contribution is 1.96. The highest BCUT2D eigenvalue weighted by molar-refractivity contribution is 5.87. The first-order valence-corrected chi connectivity index (χ1v) is 3.53. The molecule has 58 valence electrons. The van der Waals surface area contributed by atoms with Gasteiger partial charge in [0.1, 0.15) is 0 Å². The van der Waals surface area contributed by atoms with Crippen LogP contribution in [0.25, 0.3) is 0 Å². The molecule has 0 radical (unpaired) electrons. The van der Waals surface area contributed by atoms with Gasteiger partial charge >= 0.3 is 0 Å². The van der Waals surface area contributed by atoms with E-state index in [-0.39, 0.29) is 5.78 Å². The van der Waals surface area contributed by atoms with E-state index in [1.165, 1.54) is 19.1 Å². The van der Waals surface area contributed by atoms with E-state index in [4.69, 9.17) is 5.11 Å². The number of carbonyl (C=O) groups is 1. The molecule has 0 saturated carbocycles. The van der Waals surface area contributed by atoms with Crippen molar-refractivity contribution in [3.8, 4) is 0 Å². The fourth-order valence-electron chi connectivity index (χ4n) is 0.639. The third-order valence-corrected chi connectivity index (χ3v) is 1.14. The van der Waals surface area contributed by atoms with E-state index in [1.54, 1.807) is 0 Å². The predicted octanol–water partition coefficient (Wildman–Crippen LogP) is 1.29. The summed E-state index contributed by atoms with van der Waals surface area (Å²) in [6.07, 6.45) is 4.15. The van der Waals surface area contributed by atoms with E-state index in [0.717, 1.165) is 12.8 Å². The molecule has 0 aromatic carbocycles. The molecule has 0 aromatic rings. The maximum absolute atomic E-state index is 10.4. The van der Waals surface area contributed by atoms with Crippen LogP contribution in [0.3, 0.4) is 0 Å². The van der Waals surface area contributed by atoms with Crippen LogP contribution in [0.4, 0.5) is 0 Å². The number of carbonyl (C=O) groups excluding carboxylic acids is 1. The maximum atomic E-state index is 10.4. The molecule has 1 N–H and O–H groups in total. The number of allylic oxidation sites excluding steroid dienone is 1. The summed E-state index contributed by atoms with van der Waals surface area (Å²) in [5.74, 6) is -0.0184. The van der Waals surface area contributed by atoms with Crippen molar-refractivity contribution < 1.29 is 9.90 Å². The van der Waals surface area contributed by atoms with Crippen molar-refractivity contribution in [3.05, 3.63) is 12.2 Å². The van der Waals surface area contributed by atoms with Gasteiger partial charge in [-0.1, -0.05) is 19.4 Å². The normalized spacial score (nSPS) is 13.9. The van der Waals surface area contributed by atoms with Crippen LogP contribution in [0.2, 0.25) is 0 Å². The minimum atomic E-state index is -0.450. The van der Waals surface area contributed by atoms with Crippen molar-refractivity contribution in [3.63, 3.8) is 0 Å². The molecule has 0 aliphatic rings. The molecule has 0 aromatic heterocycles. The highest BCUT2D eigenvalue weighted by atomic mass is 16.3. The number of aliphatic hydroxyl groups excluding tert-OH is 1. The smallest absolute Gasteiger partial charge is 0.152 e. The fraction of sp³-hybridized carbons (Fsp3) is 0.625. The lowest BCUT2D eigenvalue weighted by molar-refractivity contribution is -0.112. The van der Waals surface area contributed by atoms with Gasteiger partial charge in [0.2, 0.25) is 0 Å². The second kappa shape index (κ2) is 5.18. The fourth-order valence-corrected chi connectivity index (χ4v) is 0.639. The highest BCUT2D eigenvalue weighted by Gasteiger charge is 1.95. The first-order valence-electron chi connectivity index (χ1n) is 3.53. The van der Waals surface area contributed by atoms with Crippen LogP contribution in [-0.4, -0.2) is 17.0 Å². The molecule has 0 saturated heterocycles. The van der Waals surface area contributed by atoms with Gasteiger partial charge in [0.15, 0.2) is 5.78 Å². The van der Waals surface area contributed by atoms with Crippen LogP contribution in [0.15, 0.2) is 12.2 Å². The monoisotopic (exact) mass is 142 g/mol. The lowest BCUT2D eigenvalue weighted by Crippen LogP contribution is -2.01.